The van der Waals surface area contributed by atoms with E-state index in [1.54, 1.807) is 19.5 Å². The molecule has 7 heteroatoms. The van der Waals surface area contributed by atoms with Gasteiger partial charge in [0, 0.05) is 37.1 Å². The number of carbonyl (C=O) groups is 1. The van der Waals surface area contributed by atoms with Crippen LogP contribution < -0.4 is 10.5 Å². The largest absolute Gasteiger partial charge is 0.497 e. The minimum absolute atomic E-state index is 0. The van der Waals surface area contributed by atoms with E-state index >= 15 is 0 Å². The molecular weight excluding hydrogens is 385 g/mol. The van der Waals surface area contributed by atoms with Crippen LogP contribution in [0.3, 0.4) is 0 Å². The molecule has 1 aliphatic heterocycles. The molecular formula is C20H27Cl2N3O2. The highest BCUT2D eigenvalue weighted by Crippen LogP contribution is 2.24. The predicted molar refractivity (Wildman–Crippen MR) is 113 cm³/mol. The van der Waals surface area contributed by atoms with Gasteiger partial charge in [-0.25, -0.2) is 0 Å². The van der Waals surface area contributed by atoms with Crippen LogP contribution >= 0.6 is 24.8 Å². The highest BCUT2D eigenvalue weighted by atomic mass is 35.5. The van der Waals surface area contributed by atoms with Gasteiger partial charge in [-0.15, -0.1) is 24.8 Å². The minimum atomic E-state index is 0. The predicted octanol–water partition coefficient (Wildman–Crippen LogP) is 3.80. The van der Waals surface area contributed by atoms with Crippen LogP contribution in [0.4, 0.5) is 0 Å². The van der Waals surface area contributed by atoms with Crippen molar-refractivity contribution in [1.82, 2.24) is 9.88 Å². The van der Waals surface area contributed by atoms with E-state index in [2.05, 4.69) is 4.98 Å². The summed E-state index contributed by atoms with van der Waals surface area (Å²) in [5.74, 6) is 1.21. The molecule has 0 saturated carbocycles. The van der Waals surface area contributed by atoms with Crippen LogP contribution in [0.15, 0.2) is 42.7 Å². The second kappa shape index (κ2) is 10.5. The fraction of sp³-hybridized carbons (Fsp3) is 0.400. The van der Waals surface area contributed by atoms with Gasteiger partial charge in [-0.2, -0.15) is 0 Å². The highest BCUT2D eigenvalue weighted by Gasteiger charge is 2.26. The van der Waals surface area contributed by atoms with Crippen molar-refractivity contribution in [1.29, 1.82) is 0 Å². The van der Waals surface area contributed by atoms with E-state index < -0.39 is 0 Å². The number of piperidine rings is 1. The average Bonchev–Trinajstić information content (AvgIpc) is 2.67. The Balaban J connectivity index is 0.00000182. The number of nitrogens with zero attached hydrogens (tertiary/aromatic N) is 2. The van der Waals surface area contributed by atoms with Crippen LogP contribution in [0.25, 0.3) is 11.1 Å². The Morgan fingerprint density at radius 2 is 1.93 bits per heavy atom. The molecule has 148 valence electrons. The minimum Gasteiger partial charge on any atom is -0.497 e. The number of benzene rings is 1. The molecule has 1 saturated heterocycles. The van der Waals surface area contributed by atoms with Crippen molar-refractivity contribution in [2.45, 2.75) is 25.8 Å². The van der Waals surface area contributed by atoms with E-state index in [0.29, 0.717) is 11.5 Å². The Morgan fingerprint density at radius 3 is 2.56 bits per heavy atom. The normalized spacial score (nSPS) is 17.3. The van der Waals surface area contributed by atoms with Gasteiger partial charge in [-0.1, -0.05) is 12.1 Å². The van der Waals surface area contributed by atoms with Crippen LogP contribution in [0.1, 0.15) is 30.1 Å². The van der Waals surface area contributed by atoms with Crippen molar-refractivity contribution in [3.8, 4) is 16.9 Å². The Kier molecular flexibility index (Phi) is 9.03. The van der Waals surface area contributed by atoms with Crippen LogP contribution in [0.2, 0.25) is 0 Å². The van der Waals surface area contributed by atoms with Crippen LogP contribution in [0.5, 0.6) is 5.75 Å². The molecule has 0 bridgehead atoms. The van der Waals surface area contributed by atoms with Crippen molar-refractivity contribution in [3.63, 3.8) is 0 Å². The number of nitrogens with two attached hydrogens (primary N) is 1. The zero-order valence-electron chi connectivity index (χ0n) is 15.6. The topological polar surface area (TPSA) is 68.5 Å². The van der Waals surface area contributed by atoms with Gasteiger partial charge in [0.05, 0.1) is 12.7 Å². The Bertz CT molecular complexity index is 738. The number of hydrogen-bond acceptors (Lipinski definition) is 4. The number of amides is 1. The van der Waals surface area contributed by atoms with Crippen LogP contribution in [-0.4, -0.2) is 42.0 Å². The number of halogens is 2. The first-order chi connectivity index (χ1) is 12.1. The summed E-state index contributed by atoms with van der Waals surface area (Å²) in [6.07, 6.45) is 5.51. The first-order valence-corrected chi connectivity index (χ1v) is 8.73. The number of methoxy groups -OCH3 is 1. The lowest BCUT2D eigenvalue weighted by Gasteiger charge is -2.34. The van der Waals surface area contributed by atoms with Crippen molar-refractivity contribution in [2.24, 2.45) is 11.7 Å². The maximum absolute atomic E-state index is 12.9. The molecule has 3 rings (SSSR count). The summed E-state index contributed by atoms with van der Waals surface area (Å²) in [5, 5.41) is 0. The summed E-state index contributed by atoms with van der Waals surface area (Å²) in [6.45, 7) is 3.53. The smallest absolute Gasteiger partial charge is 0.255 e. The Labute approximate surface area is 173 Å². The van der Waals surface area contributed by atoms with Gasteiger partial charge in [0.1, 0.15) is 5.75 Å². The molecule has 2 heterocycles. The molecule has 0 aliphatic carbocycles. The molecule has 0 spiro atoms. The van der Waals surface area contributed by atoms with E-state index in [4.69, 9.17) is 10.5 Å². The number of carbonyl (C=O) groups excluding carboxylic acids is 1. The summed E-state index contributed by atoms with van der Waals surface area (Å²) < 4.78 is 5.19. The number of ether oxygens (including phenoxy) is 1. The zero-order valence-corrected chi connectivity index (χ0v) is 17.3. The standard InChI is InChI=1S/C20H25N3O2.2ClH/c1-14(21)16-4-3-9-23(13-16)20(24)18-10-17(11-22-12-18)15-5-7-19(25-2)8-6-15;;/h5-8,10-12,14,16H,3-4,9,13,21H2,1-2H3;2*1H. The maximum Gasteiger partial charge on any atom is 0.255 e. The van der Waals surface area contributed by atoms with E-state index in [1.165, 1.54) is 0 Å². The summed E-state index contributed by atoms with van der Waals surface area (Å²) >= 11 is 0. The molecule has 1 aromatic carbocycles. The van der Waals surface area contributed by atoms with E-state index in [-0.39, 0.29) is 36.8 Å². The fourth-order valence-electron chi connectivity index (χ4n) is 3.30. The van der Waals surface area contributed by atoms with Gasteiger partial charge in [0.25, 0.3) is 5.91 Å². The lowest BCUT2D eigenvalue weighted by Crippen LogP contribution is -2.45. The molecule has 1 amide bonds. The summed E-state index contributed by atoms with van der Waals surface area (Å²) in [5.41, 5.74) is 8.59. The third kappa shape index (κ3) is 5.58. The van der Waals surface area contributed by atoms with Gasteiger partial charge in [-0.3, -0.25) is 9.78 Å². The number of rotatable bonds is 4. The third-order valence-corrected chi connectivity index (χ3v) is 4.90. The van der Waals surface area contributed by atoms with E-state index in [1.807, 2.05) is 42.2 Å². The Hall–Kier alpha value is -1.82. The SMILES string of the molecule is COc1ccc(-c2cncc(C(=O)N3CCCC(C(C)N)C3)c2)cc1.Cl.Cl. The van der Waals surface area contributed by atoms with Gasteiger partial charge < -0.3 is 15.4 Å². The molecule has 2 N–H and O–H groups in total. The zero-order chi connectivity index (χ0) is 17.8. The van der Waals surface area contributed by atoms with Gasteiger partial charge >= 0.3 is 0 Å². The quantitative estimate of drug-likeness (QED) is 0.830. The number of aromatic nitrogens is 1. The van der Waals surface area contributed by atoms with Gasteiger partial charge in [0.15, 0.2) is 0 Å². The Morgan fingerprint density at radius 1 is 1.22 bits per heavy atom. The molecule has 5 nitrogen and oxygen atoms in total. The van der Waals surface area contributed by atoms with Crippen LogP contribution in [0, 0.1) is 5.92 Å². The van der Waals surface area contributed by atoms with Crippen molar-refractivity contribution in [3.05, 3.63) is 48.3 Å². The lowest BCUT2D eigenvalue weighted by molar-refractivity contribution is 0.0660. The molecule has 27 heavy (non-hydrogen) atoms. The van der Waals surface area contributed by atoms with E-state index in [9.17, 15) is 4.79 Å². The first kappa shape index (κ1) is 23.2. The number of likely N-dealkylation sites (tertiary alicyclic amines) is 1. The highest BCUT2D eigenvalue weighted by molar-refractivity contribution is 5.95. The maximum atomic E-state index is 12.9. The number of hydrogen-bond donors (Lipinski definition) is 1. The average molecular weight is 412 g/mol. The molecule has 0 radical (unpaired) electrons. The lowest BCUT2D eigenvalue weighted by atomic mass is 9.92. The molecule has 1 aromatic heterocycles. The van der Waals surface area contributed by atoms with Gasteiger partial charge in [-0.05, 0) is 49.4 Å². The van der Waals surface area contributed by atoms with Crippen molar-refractivity contribution < 1.29 is 9.53 Å². The number of pyridine rings is 1. The van der Waals surface area contributed by atoms with E-state index in [0.717, 1.165) is 42.8 Å². The van der Waals surface area contributed by atoms with Crippen LogP contribution in [-0.2, 0) is 0 Å². The second-order valence-corrected chi connectivity index (χ2v) is 6.70. The van der Waals surface area contributed by atoms with Crippen molar-refractivity contribution >= 4 is 30.7 Å². The fourth-order valence-corrected chi connectivity index (χ4v) is 3.30. The molecule has 1 aliphatic rings. The summed E-state index contributed by atoms with van der Waals surface area (Å²) in [4.78, 5) is 19.1. The monoisotopic (exact) mass is 411 g/mol. The third-order valence-electron chi connectivity index (χ3n) is 4.90. The van der Waals surface area contributed by atoms with Crippen molar-refractivity contribution in [2.75, 3.05) is 20.2 Å². The van der Waals surface area contributed by atoms with Gasteiger partial charge in [0.2, 0.25) is 0 Å². The molecule has 2 aromatic rings. The second-order valence-electron chi connectivity index (χ2n) is 6.70. The summed E-state index contributed by atoms with van der Waals surface area (Å²) in [6, 6.07) is 9.77. The molecule has 1 fully saturated rings. The molecule has 2 unspecified atom stereocenters. The summed E-state index contributed by atoms with van der Waals surface area (Å²) in [7, 11) is 1.64. The first-order valence-electron chi connectivity index (χ1n) is 8.73. The molecule has 2 atom stereocenters.